The SMILES string of the molecule is C/C(=C(/OCCCCOc1ccc(Cl)cc1)c1ccc(F)cc1F)n1cncn1. The number of allylic oxidation sites excluding steroid dienone is 1. The molecule has 0 unspecified atom stereocenters. The molecule has 29 heavy (non-hydrogen) atoms. The number of unbranched alkanes of at least 4 members (excludes halogenated alkanes) is 1. The van der Waals surface area contributed by atoms with Crippen LogP contribution in [0.3, 0.4) is 0 Å². The van der Waals surface area contributed by atoms with Crippen LogP contribution < -0.4 is 4.74 Å². The van der Waals surface area contributed by atoms with Crippen molar-refractivity contribution in [2.75, 3.05) is 13.2 Å². The average Bonchev–Trinajstić information content (AvgIpc) is 3.24. The highest BCUT2D eigenvalue weighted by atomic mass is 35.5. The Bertz CT molecular complexity index is 961. The summed E-state index contributed by atoms with van der Waals surface area (Å²) in [5, 5.41) is 4.70. The third kappa shape index (κ3) is 5.77. The van der Waals surface area contributed by atoms with Gasteiger partial charge < -0.3 is 9.47 Å². The van der Waals surface area contributed by atoms with Crippen molar-refractivity contribution >= 4 is 23.1 Å². The summed E-state index contributed by atoms with van der Waals surface area (Å²) in [7, 11) is 0. The van der Waals surface area contributed by atoms with Crippen LogP contribution in [-0.4, -0.2) is 28.0 Å². The van der Waals surface area contributed by atoms with Gasteiger partial charge in [-0.2, -0.15) is 5.10 Å². The fourth-order valence-corrected chi connectivity index (χ4v) is 2.76. The molecule has 0 aliphatic rings. The Hall–Kier alpha value is -2.93. The lowest BCUT2D eigenvalue weighted by atomic mass is 10.1. The molecule has 0 N–H and O–H groups in total. The smallest absolute Gasteiger partial charge is 0.150 e. The molecule has 8 heteroatoms. The summed E-state index contributed by atoms with van der Waals surface area (Å²) in [6.07, 6.45) is 4.28. The first kappa shape index (κ1) is 20.8. The van der Waals surface area contributed by atoms with Crippen molar-refractivity contribution in [3.63, 3.8) is 0 Å². The van der Waals surface area contributed by atoms with Crippen LogP contribution in [0, 0.1) is 11.6 Å². The van der Waals surface area contributed by atoms with Gasteiger partial charge in [-0.05, 0) is 56.2 Å². The highest BCUT2D eigenvalue weighted by molar-refractivity contribution is 6.30. The molecule has 3 aromatic rings. The minimum atomic E-state index is -0.703. The molecule has 0 amide bonds. The van der Waals surface area contributed by atoms with Gasteiger partial charge in [0, 0.05) is 11.1 Å². The molecule has 0 saturated heterocycles. The Morgan fingerprint density at radius 2 is 1.83 bits per heavy atom. The second-order valence-corrected chi connectivity index (χ2v) is 6.67. The van der Waals surface area contributed by atoms with Gasteiger partial charge in [0.25, 0.3) is 0 Å². The van der Waals surface area contributed by atoms with E-state index in [1.165, 1.54) is 29.5 Å². The lowest BCUT2D eigenvalue weighted by molar-refractivity contribution is 0.243. The molecule has 5 nitrogen and oxygen atoms in total. The number of aromatic nitrogens is 3. The maximum atomic E-state index is 14.3. The number of ether oxygens (including phenoxy) is 2. The van der Waals surface area contributed by atoms with Gasteiger partial charge in [-0.1, -0.05) is 11.6 Å². The normalized spacial score (nSPS) is 11.9. The molecule has 0 aliphatic heterocycles. The van der Waals surface area contributed by atoms with Crippen LogP contribution in [0.25, 0.3) is 11.5 Å². The first-order valence-corrected chi connectivity index (χ1v) is 9.45. The Labute approximate surface area is 172 Å². The standard InChI is InChI=1S/C21H20ClF2N3O2/c1-15(27-14-25-13-26-27)21(19-9-6-17(23)12-20(19)24)29-11-3-2-10-28-18-7-4-16(22)5-8-18/h4-9,12-14H,2-3,10-11H2,1H3/b21-15-. The zero-order valence-corrected chi connectivity index (χ0v) is 16.6. The molecule has 152 valence electrons. The van der Waals surface area contributed by atoms with E-state index in [1.54, 1.807) is 31.2 Å². The van der Waals surface area contributed by atoms with Crippen LogP contribution in [0.5, 0.6) is 5.75 Å². The molecule has 0 atom stereocenters. The van der Waals surface area contributed by atoms with Crippen molar-refractivity contribution in [3.05, 3.63) is 77.3 Å². The van der Waals surface area contributed by atoms with Crippen LogP contribution >= 0.6 is 11.6 Å². The molecule has 1 heterocycles. The van der Waals surface area contributed by atoms with Crippen LogP contribution in [-0.2, 0) is 4.74 Å². The summed E-state index contributed by atoms with van der Waals surface area (Å²) < 4.78 is 40.6. The Kier molecular flexibility index (Phi) is 7.19. The van der Waals surface area contributed by atoms with Gasteiger partial charge in [0.15, 0.2) is 5.76 Å². The molecular formula is C21H20ClF2N3O2. The van der Waals surface area contributed by atoms with Gasteiger partial charge in [0.2, 0.25) is 0 Å². The topological polar surface area (TPSA) is 49.2 Å². The first-order chi connectivity index (χ1) is 14.0. The third-order valence-electron chi connectivity index (χ3n) is 4.13. The number of nitrogens with zero attached hydrogens (tertiary/aromatic N) is 3. The van der Waals surface area contributed by atoms with Crippen LogP contribution in [0.15, 0.2) is 55.1 Å². The molecular weight excluding hydrogens is 400 g/mol. The Morgan fingerprint density at radius 1 is 1.07 bits per heavy atom. The van der Waals surface area contributed by atoms with Crippen molar-refractivity contribution in [1.82, 2.24) is 14.8 Å². The number of hydrogen-bond acceptors (Lipinski definition) is 4. The fraction of sp³-hybridized carbons (Fsp3) is 0.238. The predicted octanol–water partition coefficient (Wildman–Crippen LogP) is 5.43. The van der Waals surface area contributed by atoms with E-state index in [4.69, 9.17) is 21.1 Å². The van der Waals surface area contributed by atoms with Gasteiger partial charge in [-0.25, -0.2) is 18.4 Å². The van der Waals surface area contributed by atoms with E-state index in [0.717, 1.165) is 18.2 Å². The summed E-state index contributed by atoms with van der Waals surface area (Å²) in [6, 6.07) is 10.5. The molecule has 0 saturated carbocycles. The van der Waals surface area contributed by atoms with E-state index >= 15 is 0 Å². The maximum absolute atomic E-state index is 14.3. The van der Waals surface area contributed by atoms with Crippen LogP contribution in [0.2, 0.25) is 5.02 Å². The second-order valence-electron chi connectivity index (χ2n) is 6.24. The van der Waals surface area contributed by atoms with Crippen molar-refractivity contribution in [3.8, 4) is 5.75 Å². The average molecular weight is 420 g/mol. The number of hydrogen-bond donors (Lipinski definition) is 0. The largest absolute Gasteiger partial charge is 0.494 e. The maximum Gasteiger partial charge on any atom is 0.150 e. The van der Waals surface area contributed by atoms with Crippen molar-refractivity contribution in [2.45, 2.75) is 19.8 Å². The molecule has 0 bridgehead atoms. The van der Waals surface area contributed by atoms with E-state index in [0.29, 0.717) is 30.4 Å². The van der Waals surface area contributed by atoms with E-state index in [2.05, 4.69) is 10.1 Å². The van der Waals surface area contributed by atoms with Crippen LogP contribution in [0.4, 0.5) is 8.78 Å². The molecule has 3 rings (SSSR count). The summed E-state index contributed by atoms with van der Waals surface area (Å²) in [4.78, 5) is 3.89. The molecule has 0 radical (unpaired) electrons. The number of halogens is 3. The van der Waals surface area contributed by atoms with E-state index in [1.807, 2.05) is 0 Å². The quantitative estimate of drug-likeness (QED) is 0.342. The monoisotopic (exact) mass is 419 g/mol. The lowest BCUT2D eigenvalue weighted by Crippen LogP contribution is -2.06. The molecule has 2 aromatic carbocycles. The van der Waals surface area contributed by atoms with Gasteiger partial charge in [-0.15, -0.1) is 0 Å². The first-order valence-electron chi connectivity index (χ1n) is 9.07. The van der Waals surface area contributed by atoms with E-state index in [-0.39, 0.29) is 11.3 Å². The predicted molar refractivity (Wildman–Crippen MR) is 107 cm³/mol. The van der Waals surface area contributed by atoms with Crippen molar-refractivity contribution < 1.29 is 18.3 Å². The molecule has 0 spiro atoms. The minimum absolute atomic E-state index is 0.164. The van der Waals surface area contributed by atoms with Crippen molar-refractivity contribution in [1.29, 1.82) is 0 Å². The highest BCUT2D eigenvalue weighted by Gasteiger charge is 2.15. The van der Waals surface area contributed by atoms with E-state index < -0.39 is 11.6 Å². The minimum Gasteiger partial charge on any atom is -0.494 e. The second kappa shape index (κ2) is 10.0. The zero-order chi connectivity index (χ0) is 20.6. The van der Waals surface area contributed by atoms with Gasteiger partial charge in [0.1, 0.15) is 30.0 Å². The fourth-order valence-electron chi connectivity index (χ4n) is 2.64. The number of rotatable bonds is 9. The molecule has 0 aliphatic carbocycles. The summed E-state index contributed by atoms with van der Waals surface area (Å²) in [5.41, 5.74) is 0.710. The van der Waals surface area contributed by atoms with E-state index in [9.17, 15) is 8.78 Å². The summed E-state index contributed by atoms with van der Waals surface area (Å²) in [6.45, 7) is 2.58. The lowest BCUT2D eigenvalue weighted by Gasteiger charge is -2.15. The Balaban J connectivity index is 1.60. The zero-order valence-electron chi connectivity index (χ0n) is 15.8. The van der Waals surface area contributed by atoms with Crippen LogP contribution in [0.1, 0.15) is 25.3 Å². The Morgan fingerprint density at radius 3 is 2.52 bits per heavy atom. The highest BCUT2D eigenvalue weighted by Crippen LogP contribution is 2.26. The molecule has 1 aromatic heterocycles. The van der Waals surface area contributed by atoms with Crippen molar-refractivity contribution in [2.24, 2.45) is 0 Å². The number of benzene rings is 2. The van der Waals surface area contributed by atoms with Gasteiger partial charge in [-0.3, -0.25) is 0 Å². The summed E-state index contributed by atoms with van der Waals surface area (Å²) in [5.74, 6) is -0.327. The third-order valence-corrected chi connectivity index (χ3v) is 4.39. The summed E-state index contributed by atoms with van der Waals surface area (Å²) >= 11 is 5.84. The van der Waals surface area contributed by atoms with Gasteiger partial charge >= 0.3 is 0 Å². The van der Waals surface area contributed by atoms with Gasteiger partial charge in [0.05, 0.1) is 24.5 Å². The molecule has 0 fully saturated rings.